The summed E-state index contributed by atoms with van der Waals surface area (Å²) < 4.78 is 0. The molecule has 0 aliphatic heterocycles. The second kappa shape index (κ2) is 5.29. The zero-order chi connectivity index (χ0) is 12.1. The molecule has 1 aromatic heterocycles. The average molecular weight is 225 g/mol. The second-order valence-corrected chi connectivity index (χ2v) is 3.56. The number of H-pyrrole nitrogens is 1. The SMILES string of the molecule is CCC[C@H](NC(=O)c1cn[nH]c1C)C(=O)O. The molecule has 0 spiro atoms. The number of carbonyl (C=O) groups excluding carboxylic acids is 1. The van der Waals surface area contributed by atoms with Gasteiger partial charge in [-0.2, -0.15) is 5.10 Å². The summed E-state index contributed by atoms with van der Waals surface area (Å²) in [6, 6.07) is -0.841. The summed E-state index contributed by atoms with van der Waals surface area (Å²) >= 11 is 0. The number of aromatic nitrogens is 2. The van der Waals surface area contributed by atoms with E-state index in [9.17, 15) is 9.59 Å². The molecule has 0 aromatic carbocycles. The molecule has 1 aromatic rings. The number of amides is 1. The molecule has 0 saturated heterocycles. The van der Waals surface area contributed by atoms with Crippen LogP contribution in [0.4, 0.5) is 0 Å². The maximum atomic E-state index is 11.7. The highest BCUT2D eigenvalue weighted by Gasteiger charge is 2.20. The van der Waals surface area contributed by atoms with Gasteiger partial charge in [0.1, 0.15) is 6.04 Å². The number of nitrogens with one attached hydrogen (secondary N) is 2. The highest BCUT2D eigenvalue weighted by molar-refractivity contribution is 5.97. The number of hydrogen-bond donors (Lipinski definition) is 3. The van der Waals surface area contributed by atoms with Crippen LogP contribution in [-0.2, 0) is 4.79 Å². The van der Waals surface area contributed by atoms with E-state index in [1.54, 1.807) is 6.92 Å². The average Bonchev–Trinajstić information content (AvgIpc) is 2.63. The Balaban J connectivity index is 2.69. The monoisotopic (exact) mass is 225 g/mol. The highest BCUT2D eigenvalue weighted by Crippen LogP contribution is 2.04. The van der Waals surface area contributed by atoms with Crippen LogP contribution in [0.15, 0.2) is 6.20 Å². The molecule has 0 unspecified atom stereocenters. The number of carboxylic acids is 1. The molecular formula is C10H15N3O3. The topological polar surface area (TPSA) is 95.1 Å². The lowest BCUT2D eigenvalue weighted by Gasteiger charge is -2.12. The molecule has 1 rings (SSSR count). The van der Waals surface area contributed by atoms with Crippen molar-refractivity contribution in [2.75, 3.05) is 0 Å². The van der Waals surface area contributed by atoms with Crippen molar-refractivity contribution in [3.63, 3.8) is 0 Å². The van der Waals surface area contributed by atoms with Gasteiger partial charge in [-0.1, -0.05) is 13.3 Å². The van der Waals surface area contributed by atoms with Crippen molar-refractivity contribution in [2.24, 2.45) is 0 Å². The molecule has 0 saturated carbocycles. The Morgan fingerprint density at radius 1 is 1.62 bits per heavy atom. The van der Waals surface area contributed by atoms with Crippen molar-refractivity contribution >= 4 is 11.9 Å². The van der Waals surface area contributed by atoms with E-state index < -0.39 is 17.9 Å². The first-order valence-electron chi connectivity index (χ1n) is 5.10. The molecule has 16 heavy (non-hydrogen) atoms. The summed E-state index contributed by atoms with van der Waals surface area (Å²) in [6.45, 7) is 3.57. The summed E-state index contributed by atoms with van der Waals surface area (Å²) in [4.78, 5) is 22.5. The van der Waals surface area contributed by atoms with Crippen LogP contribution in [0.3, 0.4) is 0 Å². The van der Waals surface area contributed by atoms with Crippen LogP contribution in [0.1, 0.15) is 35.8 Å². The first-order chi connectivity index (χ1) is 7.56. The van der Waals surface area contributed by atoms with Crippen LogP contribution in [-0.4, -0.2) is 33.2 Å². The molecule has 6 heteroatoms. The first kappa shape index (κ1) is 12.2. The molecule has 0 aliphatic carbocycles. The molecular weight excluding hydrogens is 210 g/mol. The van der Waals surface area contributed by atoms with E-state index in [-0.39, 0.29) is 0 Å². The summed E-state index contributed by atoms with van der Waals surface area (Å²) in [5.41, 5.74) is 1.00. The van der Waals surface area contributed by atoms with Crippen molar-refractivity contribution in [1.82, 2.24) is 15.5 Å². The quantitative estimate of drug-likeness (QED) is 0.687. The Kier molecular flexibility index (Phi) is 4.04. The predicted octanol–water partition coefficient (Wildman–Crippen LogP) is 0.701. The van der Waals surface area contributed by atoms with Crippen LogP contribution in [0.2, 0.25) is 0 Å². The van der Waals surface area contributed by atoms with Gasteiger partial charge in [-0.05, 0) is 13.3 Å². The minimum absolute atomic E-state index is 0.377. The Morgan fingerprint density at radius 2 is 2.31 bits per heavy atom. The lowest BCUT2D eigenvalue weighted by Crippen LogP contribution is -2.40. The number of carboxylic acid groups (broad SMARTS) is 1. The van der Waals surface area contributed by atoms with Gasteiger partial charge in [-0.25, -0.2) is 4.79 Å². The molecule has 6 nitrogen and oxygen atoms in total. The number of nitrogens with zero attached hydrogens (tertiary/aromatic N) is 1. The fourth-order valence-electron chi connectivity index (χ4n) is 1.36. The van der Waals surface area contributed by atoms with Crippen molar-refractivity contribution in [3.05, 3.63) is 17.5 Å². The van der Waals surface area contributed by atoms with Gasteiger partial charge in [0.15, 0.2) is 0 Å². The number of rotatable bonds is 5. The maximum absolute atomic E-state index is 11.7. The summed E-state index contributed by atoms with van der Waals surface area (Å²) in [5.74, 6) is -1.43. The molecule has 0 aliphatic rings. The van der Waals surface area contributed by atoms with E-state index in [0.29, 0.717) is 24.1 Å². The van der Waals surface area contributed by atoms with Gasteiger partial charge >= 0.3 is 5.97 Å². The van der Waals surface area contributed by atoms with Crippen LogP contribution in [0.25, 0.3) is 0 Å². The minimum atomic E-state index is -1.02. The van der Waals surface area contributed by atoms with Crippen molar-refractivity contribution < 1.29 is 14.7 Å². The third-order valence-electron chi connectivity index (χ3n) is 2.26. The maximum Gasteiger partial charge on any atom is 0.326 e. The Bertz CT molecular complexity index is 386. The van der Waals surface area contributed by atoms with Crippen molar-refractivity contribution in [1.29, 1.82) is 0 Å². The van der Waals surface area contributed by atoms with Gasteiger partial charge < -0.3 is 10.4 Å². The zero-order valence-corrected chi connectivity index (χ0v) is 9.28. The van der Waals surface area contributed by atoms with Gasteiger partial charge in [0.25, 0.3) is 5.91 Å². The van der Waals surface area contributed by atoms with Gasteiger partial charge in [-0.15, -0.1) is 0 Å². The molecule has 0 fully saturated rings. The normalized spacial score (nSPS) is 12.1. The zero-order valence-electron chi connectivity index (χ0n) is 9.28. The van der Waals surface area contributed by atoms with E-state index in [1.165, 1.54) is 6.20 Å². The fraction of sp³-hybridized carbons (Fsp3) is 0.500. The highest BCUT2D eigenvalue weighted by atomic mass is 16.4. The summed E-state index contributed by atoms with van der Waals surface area (Å²) in [5, 5.41) is 17.7. The van der Waals surface area contributed by atoms with Crippen molar-refractivity contribution in [3.8, 4) is 0 Å². The molecule has 3 N–H and O–H groups in total. The smallest absolute Gasteiger partial charge is 0.326 e. The molecule has 1 amide bonds. The molecule has 0 bridgehead atoms. The fourth-order valence-corrected chi connectivity index (χ4v) is 1.36. The Hall–Kier alpha value is -1.85. The summed E-state index contributed by atoms with van der Waals surface area (Å²) in [6.07, 6.45) is 2.50. The standard InChI is InChI=1S/C10H15N3O3/c1-3-4-8(10(15)16)12-9(14)7-5-11-13-6(7)2/h5,8H,3-4H2,1-2H3,(H,11,13)(H,12,14)(H,15,16)/t8-/m0/s1. The Morgan fingerprint density at radius 3 is 2.75 bits per heavy atom. The van der Waals surface area contributed by atoms with Gasteiger partial charge in [-0.3, -0.25) is 9.89 Å². The Labute approximate surface area is 93.1 Å². The second-order valence-electron chi connectivity index (χ2n) is 3.56. The molecule has 0 radical (unpaired) electrons. The number of aromatic amines is 1. The predicted molar refractivity (Wildman–Crippen MR) is 57.1 cm³/mol. The third kappa shape index (κ3) is 2.82. The van der Waals surface area contributed by atoms with E-state index in [4.69, 9.17) is 5.11 Å². The number of hydrogen-bond acceptors (Lipinski definition) is 3. The van der Waals surface area contributed by atoms with Crippen LogP contribution in [0, 0.1) is 6.92 Å². The van der Waals surface area contributed by atoms with Crippen LogP contribution < -0.4 is 5.32 Å². The minimum Gasteiger partial charge on any atom is -0.480 e. The lowest BCUT2D eigenvalue weighted by atomic mass is 10.1. The van der Waals surface area contributed by atoms with Crippen LogP contribution >= 0.6 is 0 Å². The van der Waals surface area contributed by atoms with Gasteiger partial charge in [0.2, 0.25) is 0 Å². The first-order valence-corrected chi connectivity index (χ1v) is 5.10. The van der Waals surface area contributed by atoms with E-state index in [2.05, 4.69) is 15.5 Å². The third-order valence-corrected chi connectivity index (χ3v) is 2.26. The lowest BCUT2D eigenvalue weighted by molar-refractivity contribution is -0.139. The number of aliphatic carboxylic acids is 1. The number of aryl methyl sites for hydroxylation is 1. The molecule has 88 valence electrons. The van der Waals surface area contributed by atoms with E-state index in [0.717, 1.165) is 0 Å². The van der Waals surface area contributed by atoms with E-state index >= 15 is 0 Å². The summed E-state index contributed by atoms with van der Waals surface area (Å²) in [7, 11) is 0. The molecule has 1 atom stereocenters. The van der Waals surface area contributed by atoms with Crippen LogP contribution in [0.5, 0.6) is 0 Å². The molecule has 1 heterocycles. The van der Waals surface area contributed by atoms with Gasteiger partial charge in [0.05, 0.1) is 11.8 Å². The van der Waals surface area contributed by atoms with Crippen molar-refractivity contribution in [2.45, 2.75) is 32.7 Å². The largest absolute Gasteiger partial charge is 0.480 e. The van der Waals surface area contributed by atoms with Gasteiger partial charge in [0, 0.05) is 5.69 Å². The number of carbonyl (C=O) groups is 2. The van der Waals surface area contributed by atoms with E-state index in [1.807, 2.05) is 6.92 Å².